The summed E-state index contributed by atoms with van der Waals surface area (Å²) in [6.07, 6.45) is 0. The molecule has 0 bridgehead atoms. The second-order valence-corrected chi connectivity index (χ2v) is 6.24. The van der Waals surface area contributed by atoms with Gasteiger partial charge in [0.1, 0.15) is 0 Å². The van der Waals surface area contributed by atoms with Crippen molar-refractivity contribution in [2.75, 3.05) is 13.1 Å². The third-order valence-electron chi connectivity index (χ3n) is 2.48. The monoisotopic (exact) mass is 230 g/mol. The smallest absolute Gasteiger partial charge is 0.0646 e. The maximum Gasteiger partial charge on any atom is 0.0646 e. The molecule has 0 saturated carbocycles. The lowest BCUT2D eigenvalue weighted by Crippen LogP contribution is -2.37. The predicted octanol–water partition coefficient (Wildman–Crippen LogP) is 3.90. The van der Waals surface area contributed by atoms with Crippen LogP contribution in [0.15, 0.2) is 12.4 Å². The molecule has 0 saturated heterocycles. The van der Waals surface area contributed by atoms with Crippen molar-refractivity contribution in [3.63, 3.8) is 0 Å². The van der Waals surface area contributed by atoms with Gasteiger partial charge in [0.05, 0.1) is 8.22 Å². The zero-order valence-corrected chi connectivity index (χ0v) is 12.1. The molecule has 0 heterocycles. The van der Waals surface area contributed by atoms with Crippen LogP contribution in [-0.4, -0.2) is 34.5 Å². The van der Waals surface area contributed by atoms with Crippen molar-refractivity contribution in [2.45, 2.75) is 53.6 Å². The molecular weight excluding hydrogens is 203 g/mol. The van der Waals surface area contributed by atoms with Gasteiger partial charge < -0.3 is 0 Å². The Morgan fingerprint density at radius 3 is 1.67 bits per heavy atom. The minimum atomic E-state index is -0.334. The fraction of sp³-hybridized carbons (Fsp3) is 0.833. The standard InChI is InChI=1S/C12H27N2P/c1-8-13(9-2)15(10-3)14(11(4)5)12(6)7/h10-12H,3,8-9H2,1-2,4-7H3. The molecule has 0 aromatic carbocycles. The number of hydrogen-bond donors (Lipinski definition) is 0. The highest BCUT2D eigenvalue weighted by atomic mass is 31.1. The molecule has 0 aliphatic heterocycles. The van der Waals surface area contributed by atoms with Crippen molar-refractivity contribution in [3.8, 4) is 0 Å². The first kappa shape index (κ1) is 15.1. The van der Waals surface area contributed by atoms with Crippen molar-refractivity contribution in [1.82, 2.24) is 9.34 Å². The highest BCUT2D eigenvalue weighted by Crippen LogP contribution is 2.47. The molecule has 0 amide bonds. The molecule has 0 rings (SSSR count). The molecule has 0 radical (unpaired) electrons. The van der Waals surface area contributed by atoms with Crippen molar-refractivity contribution in [1.29, 1.82) is 0 Å². The van der Waals surface area contributed by atoms with E-state index in [-0.39, 0.29) is 8.22 Å². The van der Waals surface area contributed by atoms with Crippen molar-refractivity contribution in [2.24, 2.45) is 0 Å². The molecule has 0 N–H and O–H groups in total. The molecule has 15 heavy (non-hydrogen) atoms. The van der Waals surface area contributed by atoms with E-state index in [1.54, 1.807) is 0 Å². The van der Waals surface area contributed by atoms with Crippen LogP contribution in [0.1, 0.15) is 41.5 Å². The number of rotatable bonds is 7. The molecule has 3 heteroatoms. The van der Waals surface area contributed by atoms with E-state index < -0.39 is 0 Å². The maximum atomic E-state index is 4.01. The molecule has 0 aliphatic carbocycles. The Hall–Kier alpha value is 0.0900. The molecule has 0 aromatic heterocycles. The summed E-state index contributed by atoms with van der Waals surface area (Å²) in [5, 5.41) is 0. The van der Waals surface area contributed by atoms with Gasteiger partial charge >= 0.3 is 0 Å². The Morgan fingerprint density at radius 1 is 1.07 bits per heavy atom. The van der Waals surface area contributed by atoms with Gasteiger partial charge in [-0.05, 0) is 33.5 Å². The Kier molecular flexibility index (Phi) is 7.42. The van der Waals surface area contributed by atoms with E-state index >= 15 is 0 Å². The van der Waals surface area contributed by atoms with Gasteiger partial charge in [-0.15, -0.1) is 0 Å². The van der Waals surface area contributed by atoms with E-state index in [1.807, 2.05) is 0 Å². The Bertz CT molecular complexity index is 168. The Balaban J connectivity index is 4.79. The fourth-order valence-corrected chi connectivity index (χ4v) is 4.18. The summed E-state index contributed by atoms with van der Waals surface area (Å²) in [5.74, 6) is 2.13. The van der Waals surface area contributed by atoms with Crippen molar-refractivity contribution >= 4 is 8.22 Å². The zero-order valence-electron chi connectivity index (χ0n) is 11.2. The first-order valence-electron chi connectivity index (χ1n) is 5.94. The summed E-state index contributed by atoms with van der Waals surface area (Å²) in [6.45, 7) is 19.7. The third-order valence-corrected chi connectivity index (χ3v) is 5.35. The van der Waals surface area contributed by atoms with Crippen LogP contribution in [0.3, 0.4) is 0 Å². The summed E-state index contributed by atoms with van der Waals surface area (Å²) in [6, 6.07) is 1.16. The lowest BCUT2D eigenvalue weighted by molar-refractivity contribution is 0.302. The maximum absolute atomic E-state index is 4.01. The Morgan fingerprint density at radius 2 is 1.47 bits per heavy atom. The zero-order chi connectivity index (χ0) is 12.0. The van der Waals surface area contributed by atoms with Crippen LogP contribution in [0.2, 0.25) is 0 Å². The van der Waals surface area contributed by atoms with Gasteiger partial charge in [0, 0.05) is 25.2 Å². The van der Waals surface area contributed by atoms with Crippen LogP contribution in [0.5, 0.6) is 0 Å². The second-order valence-electron chi connectivity index (χ2n) is 4.21. The van der Waals surface area contributed by atoms with Gasteiger partial charge in [-0.3, -0.25) is 9.34 Å². The van der Waals surface area contributed by atoms with Crippen LogP contribution in [0.4, 0.5) is 0 Å². The minimum Gasteiger partial charge on any atom is -0.267 e. The molecule has 2 nitrogen and oxygen atoms in total. The van der Waals surface area contributed by atoms with E-state index in [0.717, 1.165) is 13.1 Å². The summed E-state index contributed by atoms with van der Waals surface area (Å²) < 4.78 is 5.07. The topological polar surface area (TPSA) is 6.48 Å². The van der Waals surface area contributed by atoms with Crippen LogP contribution < -0.4 is 0 Å². The van der Waals surface area contributed by atoms with Crippen molar-refractivity contribution in [3.05, 3.63) is 12.4 Å². The molecule has 90 valence electrons. The fourth-order valence-electron chi connectivity index (χ4n) is 1.94. The lowest BCUT2D eigenvalue weighted by Gasteiger charge is -2.41. The number of hydrogen-bond acceptors (Lipinski definition) is 2. The van der Waals surface area contributed by atoms with Gasteiger partial charge in [-0.2, -0.15) is 0 Å². The normalized spacial score (nSPS) is 14.3. The molecule has 0 aliphatic rings. The highest BCUT2D eigenvalue weighted by molar-refractivity contribution is 7.56. The van der Waals surface area contributed by atoms with Crippen LogP contribution in [-0.2, 0) is 0 Å². The molecule has 1 unspecified atom stereocenters. The summed E-state index contributed by atoms with van der Waals surface area (Å²) in [4.78, 5) is 0. The third kappa shape index (κ3) is 4.22. The first-order chi connectivity index (χ1) is 6.99. The van der Waals surface area contributed by atoms with E-state index in [2.05, 4.69) is 63.3 Å². The molecule has 0 aromatic rings. The van der Waals surface area contributed by atoms with Gasteiger partial charge in [0.2, 0.25) is 0 Å². The highest BCUT2D eigenvalue weighted by Gasteiger charge is 2.25. The van der Waals surface area contributed by atoms with Crippen LogP contribution in [0.25, 0.3) is 0 Å². The quantitative estimate of drug-likeness (QED) is 0.612. The molecule has 0 fully saturated rings. The van der Waals surface area contributed by atoms with Gasteiger partial charge in [-0.25, -0.2) is 0 Å². The number of nitrogens with zero attached hydrogens (tertiary/aromatic N) is 2. The van der Waals surface area contributed by atoms with Gasteiger partial charge in [0.25, 0.3) is 0 Å². The van der Waals surface area contributed by atoms with Crippen LogP contribution >= 0.6 is 8.22 Å². The largest absolute Gasteiger partial charge is 0.267 e. The SMILES string of the molecule is C=CP(N(CC)CC)N(C(C)C)C(C)C. The lowest BCUT2D eigenvalue weighted by atomic mass is 10.3. The predicted molar refractivity (Wildman–Crippen MR) is 72.1 cm³/mol. The van der Waals surface area contributed by atoms with Gasteiger partial charge in [0.15, 0.2) is 0 Å². The second kappa shape index (κ2) is 7.38. The summed E-state index contributed by atoms with van der Waals surface area (Å²) >= 11 is 0. The average Bonchev–Trinajstić information content (AvgIpc) is 2.16. The summed E-state index contributed by atoms with van der Waals surface area (Å²) in [5.41, 5.74) is 0. The molecule has 0 spiro atoms. The van der Waals surface area contributed by atoms with Gasteiger partial charge in [-0.1, -0.05) is 20.4 Å². The first-order valence-corrected chi connectivity index (χ1v) is 7.26. The Labute approximate surface area is 97.2 Å². The van der Waals surface area contributed by atoms with Crippen molar-refractivity contribution < 1.29 is 0 Å². The minimum absolute atomic E-state index is 0.334. The molecule has 1 atom stereocenters. The van der Waals surface area contributed by atoms with E-state index in [4.69, 9.17) is 0 Å². The summed E-state index contributed by atoms with van der Waals surface area (Å²) in [7, 11) is -0.334. The van der Waals surface area contributed by atoms with E-state index in [1.165, 1.54) is 0 Å². The molecular formula is C12H27N2P. The van der Waals surface area contributed by atoms with E-state index in [9.17, 15) is 0 Å². The van der Waals surface area contributed by atoms with E-state index in [0.29, 0.717) is 12.1 Å². The van der Waals surface area contributed by atoms with Crippen LogP contribution in [0, 0.1) is 0 Å². The average molecular weight is 230 g/mol.